The molecule has 0 aliphatic carbocycles. The van der Waals surface area contributed by atoms with Crippen molar-refractivity contribution in [2.75, 3.05) is 13.1 Å². The number of rotatable bonds is 3. The molecule has 1 aromatic carbocycles. The number of likely N-dealkylation sites (tertiary alicyclic amines) is 1. The maximum Gasteiger partial charge on any atom is 0.416 e. The van der Waals surface area contributed by atoms with Crippen LogP contribution >= 0.6 is 0 Å². The van der Waals surface area contributed by atoms with Gasteiger partial charge in [-0.05, 0) is 31.0 Å². The number of nitrogens with zero attached hydrogens (tertiary/aromatic N) is 1. The number of benzene rings is 1. The summed E-state index contributed by atoms with van der Waals surface area (Å²) >= 11 is 0. The van der Waals surface area contributed by atoms with Crippen molar-refractivity contribution in [3.63, 3.8) is 0 Å². The number of alkyl halides is 3. The van der Waals surface area contributed by atoms with E-state index in [1.165, 1.54) is 12.1 Å². The standard InChI is InChI=1S/C14H17F3N2O/c15-14(16,17)12-6-2-1-4-10(12)8-19-7-3-5-11(9-19)13(18)20/h1-2,4,6,11H,3,5,7-9H2,(H2,18,20). The summed E-state index contributed by atoms with van der Waals surface area (Å²) in [4.78, 5) is 13.1. The van der Waals surface area contributed by atoms with Crippen LogP contribution in [0.2, 0.25) is 0 Å². The smallest absolute Gasteiger partial charge is 0.369 e. The first-order valence-corrected chi connectivity index (χ1v) is 6.54. The predicted molar refractivity (Wildman–Crippen MR) is 68.6 cm³/mol. The van der Waals surface area contributed by atoms with Crippen molar-refractivity contribution in [2.24, 2.45) is 11.7 Å². The topological polar surface area (TPSA) is 46.3 Å². The van der Waals surface area contributed by atoms with E-state index in [2.05, 4.69) is 0 Å². The molecular formula is C14H17F3N2O. The maximum atomic E-state index is 12.9. The minimum atomic E-state index is -4.35. The molecule has 0 radical (unpaired) electrons. The van der Waals surface area contributed by atoms with Gasteiger partial charge in [-0.3, -0.25) is 9.69 Å². The molecule has 1 saturated heterocycles. The zero-order valence-corrected chi connectivity index (χ0v) is 11.0. The van der Waals surface area contributed by atoms with Crippen molar-refractivity contribution in [1.29, 1.82) is 0 Å². The van der Waals surface area contributed by atoms with E-state index in [9.17, 15) is 18.0 Å². The van der Waals surface area contributed by atoms with E-state index in [0.29, 0.717) is 19.5 Å². The molecule has 1 heterocycles. The first-order chi connectivity index (χ1) is 9.38. The van der Waals surface area contributed by atoms with Crippen LogP contribution in [0, 0.1) is 5.92 Å². The van der Waals surface area contributed by atoms with Crippen LogP contribution in [0.4, 0.5) is 13.2 Å². The molecule has 1 fully saturated rings. The Morgan fingerprint density at radius 3 is 2.70 bits per heavy atom. The fourth-order valence-electron chi connectivity index (χ4n) is 2.61. The quantitative estimate of drug-likeness (QED) is 0.927. The molecule has 1 atom stereocenters. The lowest BCUT2D eigenvalue weighted by Crippen LogP contribution is -2.40. The van der Waals surface area contributed by atoms with Crippen molar-refractivity contribution in [3.05, 3.63) is 35.4 Å². The number of nitrogens with two attached hydrogens (primary N) is 1. The third kappa shape index (κ3) is 3.50. The Morgan fingerprint density at radius 1 is 1.35 bits per heavy atom. The van der Waals surface area contributed by atoms with Crippen LogP contribution in [0.5, 0.6) is 0 Å². The van der Waals surface area contributed by atoms with Crippen LogP contribution in [-0.2, 0) is 17.5 Å². The number of amides is 1. The second-order valence-electron chi connectivity index (χ2n) is 5.13. The molecule has 3 nitrogen and oxygen atoms in total. The molecule has 0 saturated carbocycles. The fraction of sp³-hybridized carbons (Fsp3) is 0.500. The highest BCUT2D eigenvalue weighted by atomic mass is 19.4. The minimum absolute atomic E-state index is 0.194. The molecule has 1 aliphatic rings. The first-order valence-electron chi connectivity index (χ1n) is 6.54. The van der Waals surface area contributed by atoms with Crippen LogP contribution < -0.4 is 5.73 Å². The number of carbonyl (C=O) groups excluding carboxylic acids is 1. The van der Waals surface area contributed by atoms with Gasteiger partial charge in [0.15, 0.2) is 0 Å². The van der Waals surface area contributed by atoms with Crippen LogP contribution in [0.15, 0.2) is 24.3 Å². The maximum absolute atomic E-state index is 12.9. The van der Waals surface area contributed by atoms with Crippen LogP contribution in [0.3, 0.4) is 0 Å². The fourth-order valence-corrected chi connectivity index (χ4v) is 2.61. The van der Waals surface area contributed by atoms with Crippen molar-refractivity contribution in [1.82, 2.24) is 4.90 Å². The van der Waals surface area contributed by atoms with Gasteiger partial charge in [0.1, 0.15) is 0 Å². The summed E-state index contributed by atoms with van der Waals surface area (Å²) in [5, 5.41) is 0. The number of halogens is 3. The average molecular weight is 286 g/mol. The van der Waals surface area contributed by atoms with Gasteiger partial charge in [0.2, 0.25) is 5.91 Å². The van der Waals surface area contributed by atoms with E-state index in [4.69, 9.17) is 5.73 Å². The predicted octanol–water partition coefficient (Wildman–Crippen LogP) is 2.40. The van der Waals surface area contributed by atoms with Gasteiger partial charge in [0, 0.05) is 13.1 Å². The lowest BCUT2D eigenvalue weighted by molar-refractivity contribution is -0.138. The Kier molecular flexibility index (Phi) is 4.32. The van der Waals surface area contributed by atoms with Crippen molar-refractivity contribution >= 4 is 5.91 Å². The molecule has 0 bridgehead atoms. The molecule has 6 heteroatoms. The number of primary amides is 1. The van der Waals surface area contributed by atoms with Gasteiger partial charge in [0.05, 0.1) is 11.5 Å². The summed E-state index contributed by atoms with van der Waals surface area (Å²) in [6.45, 7) is 1.32. The van der Waals surface area contributed by atoms with Crippen molar-refractivity contribution in [3.8, 4) is 0 Å². The Balaban J connectivity index is 2.12. The molecule has 2 rings (SSSR count). The largest absolute Gasteiger partial charge is 0.416 e. The van der Waals surface area contributed by atoms with Gasteiger partial charge >= 0.3 is 6.18 Å². The molecule has 1 aromatic rings. The van der Waals surface area contributed by atoms with E-state index < -0.39 is 11.7 Å². The van der Waals surface area contributed by atoms with E-state index in [1.54, 1.807) is 6.07 Å². The molecule has 0 spiro atoms. The van der Waals surface area contributed by atoms with Gasteiger partial charge in [0.25, 0.3) is 0 Å². The zero-order chi connectivity index (χ0) is 14.8. The minimum Gasteiger partial charge on any atom is -0.369 e. The van der Waals surface area contributed by atoms with E-state index in [-0.39, 0.29) is 23.9 Å². The number of piperidine rings is 1. The zero-order valence-electron chi connectivity index (χ0n) is 11.0. The lowest BCUT2D eigenvalue weighted by atomic mass is 9.96. The Morgan fingerprint density at radius 2 is 2.05 bits per heavy atom. The highest BCUT2D eigenvalue weighted by Crippen LogP contribution is 2.32. The van der Waals surface area contributed by atoms with E-state index in [0.717, 1.165) is 12.5 Å². The molecule has 1 aliphatic heterocycles. The van der Waals surface area contributed by atoms with Gasteiger partial charge in [-0.25, -0.2) is 0 Å². The molecule has 110 valence electrons. The summed E-state index contributed by atoms with van der Waals surface area (Å²) < 4.78 is 38.7. The van der Waals surface area contributed by atoms with Gasteiger partial charge < -0.3 is 5.73 Å². The van der Waals surface area contributed by atoms with Gasteiger partial charge in [-0.1, -0.05) is 18.2 Å². The number of carbonyl (C=O) groups is 1. The van der Waals surface area contributed by atoms with Crippen molar-refractivity contribution < 1.29 is 18.0 Å². The Labute approximate surface area is 115 Å². The molecule has 2 N–H and O–H groups in total. The average Bonchev–Trinajstić information content (AvgIpc) is 2.38. The summed E-state index contributed by atoms with van der Waals surface area (Å²) in [6.07, 6.45) is -2.86. The molecule has 1 amide bonds. The van der Waals surface area contributed by atoms with Crippen LogP contribution in [-0.4, -0.2) is 23.9 Å². The monoisotopic (exact) mass is 286 g/mol. The van der Waals surface area contributed by atoms with Crippen LogP contribution in [0.25, 0.3) is 0 Å². The van der Waals surface area contributed by atoms with Crippen LogP contribution in [0.1, 0.15) is 24.0 Å². The summed E-state index contributed by atoms with van der Waals surface area (Å²) in [5.41, 5.74) is 4.91. The van der Waals surface area contributed by atoms with Crippen molar-refractivity contribution in [2.45, 2.75) is 25.6 Å². The van der Waals surface area contributed by atoms with Gasteiger partial charge in [-0.15, -0.1) is 0 Å². The van der Waals surface area contributed by atoms with E-state index >= 15 is 0 Å². The number of hydrogen-bond donors (Lipinski definition) is 1. The summed E-state index contributed by atoms with van der Waals surface area (Å²) in [7, 11) is 0. The Bertz CT molecular complexity index is 488. The molecule has 0 aromatic heterocycles. The molecular weight excluding hydrogens is 269 g/mol. The second-order valence-corrected chi connectivity index (χ2v) is 5.13. The SMILES string of the molecule is NC(=O)C1CCCN(Cc2ccccc2C(F)(F)F)C1. The third-order valence-corrected chi connectivity index (χ3v) is 3.62. The summed E-state index contributed by atoms with van der Waals surface area (Å²) in [6, 6.07) is 5.55. The normalized spacial score (nSPS) is 20.9. The third-order valence-electron chi connectivity index (χ3n) is 3.62. The lowest BCUT2D eigenvalue weighted by Gasteiger charge is -2.31. The van der Waals surface area contributed by atoms with E-state index in [1.807, 2.05) is 4.90 Å². The second kappa shape index (κ2) is 5.83. The highest BCUT2D eigenvalue weighted by Gasteiger charge is 2.33. The Hall–Kier alpha value is -1.56. The summed E-state index contributed by atoms with van der Waals surface area (Å²) in [5.74, 6) is -0.638. The first kappa shape index (κ1) is 14.8. The molecule has 1 unspecified atom stereocenters. The highest BCUT2D eigenvalue weighted by molar-refractivity contribution is 5.76. The molecule has 20 heavy (non-hydrogen) atoms. The van der Waals surface area contributed by atoms with Gasteiger partial charge in [-0.2, -0.15) is 13.2 Å². The number of hydrogen-bond acceptors (Lipinski definition) is 2.